The van der Waals surface area contributed by atoms with E-state index in [4.69, 9.17) is 9.47 Å². The van der Waals surface area contributed by atoms with Crippen molar-refractivity contribution < 1.29 is 28.8 Å². The molecule has 0 bridgehead atoms. The number of nitrogens with zero attached hydrogens (tertiary/aromatic N) is 2. The van der Waals surface area contributed by atoms with Crippen molar-refractivity contribution in [2.75, 3.05) is 19.8 Å². The minimum Gasteiger partial charge on any atom is -0.475 e. The molecule has 3 aromatic carbocycles. The van der Waals surface area contributed by atoms with E-state index in [1.807, 2.05) is 24.3 Å². The second-order valence-electron chi connectivity index (χ2n) is 10.1. The Morgan fingerprint density at radius 2 is 1.42 bits per heavy atom. The Labute approximate surface area is 217 Å². The van der Waals surface area contributed by atoms with Crippen LogP contribution >= 0.6 is 0 Å². The molecule has 9 nitrogen and oxygen atoms in total. The van der Waals surface area contributed by atoms with E-state index < -0.39 is 29.3 Å². The highest BCUT2D eigenvalue weighted by Crippen LogP contribution is 2.80. The highest BCUT2D eigenvalue weighted by molar-refractivity contribution is 6.08. The van der Waals surface area contributed by atoms with Crippen LogP contribution in [0.1, 0.15) is 34.1 Å². The lowest BCUT2D eigenvalue weighted by Gasteiger charge is -2.59. The number of nitro benzene ring substituents is 1. The van der Waals surface area contributed by atoms with Gasteiger partial charge in [0.1, 0.15) is 6.61 Å². The van der Waals surface area contributed by atoms with Crippen LogP contribution in [0.25, 0.3) is 0 Å². The van der Waals surface area contributed by atoms with Gasteiger partial charge in [-0.05, 0) is 28.3 Å². The molecule has 0 aromatic heterocycles. The predicted octanol–water partition coefficient (Wildman–Crippen LogP) is 3.31. The summed E-state index contributed by atoms with van der Waals surface area (Å²) in [6, 6.07) is 22.1. The van der Waals surface area contributed by atoms with Gasteiger partial charge in [-0.25, -0.2) is 4.79 Å². The zero-order chi connectivity index (χ0) is 26.2. The lowest BCUT2D eigenvalue weighted by Crippen LogP contribution is -2.55. The molecule has 3 aromatic rings. The summed E-state index contributed by atoms with van der Waals surface area (Å²) in [5, 5.41) is 11.1. The number of imide groups is 1. The summed E-state index contributed by atoms with van der Waals surface area (Å²) < 4.78 is 10.5. The number of ether oxygens (including phenoxy) is 2. The molecule has 1 saturated heterocycles. The van der Waals surface area contributed by atoms with E-state index in [1.165, 1.54) is 34.2 Å². The SMILES string of the molecule is O=C(COc1ccccc1[N+](=O)[O-])OCCN1C(=O)[C@@H]2[C@@H](C1=O)[C@@H]1c3ccccc3C13c1ccccc1[C@H]23. The van der Waals surface area contributed by atoms with Crippen LogP contribution in [0.5, 0.6) is 5.75 Å². The molecule has 1 saturated carbocycles. The molecule has 2 amide bonds. The van der Waals surface area contributed by atoms with Crippen LogP contribution in [-0.4, -0.2) is 47.4 Å². The number of benzene rings is 3. The number of esters is 1. The van der Waals surface area contributed by atoms with Gasteiger partial charge in [0.25, 0.3) is 0 Å². The normalized spacial score (nSPS) is 27.2. The Bertz CT molecular complexity index is 1470. The molecule has 190 valence electrons. The molecule has 9 heteroatoms. The second-order valence-corrected chi connectivity index (χ2v) is 10.1. The number of rotatable bonds is 7. The zero-order valence-corrected chi connectivity index (χ0v) is 20.1. The van der Waals surface area contributed by atoms with Gasteiger partial charge in [0.05, 0.1) is 23.3 Å². The van der Waals surface area contributed by atoms with Crippen LogP contribution in [0.2, 0.25) is 0 Å². The van der Waals surface area contributed by atoms with Crippen LogP contribution in [-0.2, 0) is 24.5 Å². The molecule has 1 aliphatic heterocycles. The van der Waals surface area contributed by atoms with Gasteiger partial charge in [-0.15, -0.1) is 0 Å². The number of fused-ring (bicyclic) bond motifs is 7. The zero-order valence-electron chi connectivity index (χ0n) is 20.1. The van der Waals surface area contributed by atoms with E-state index in [0.717, 1.165) is 11.1 Å². The maximum atomic E-state index is 13.6. The number of likely N-dealkylation sites (tertiary alicyclic amines) is 1. The molecule has 4 aliphatic rings. The van der Waals surface area contributed by atoms with E-state index in [-0.39, 0.29) is 53.7 Å². The summed E-state index contributed by atoms with van der Waals surface area (Å²) >= 11 is 0. The van der Waals surface area contributed by atoms with Gasteiger partial charge >= 0.3 is 11.7 Å². The smallest absolute Gasteiger partial charge is 0.344 e. The van der Waals surface area contributed by atoms with Crippen LogP contribution in [0.15, 0.2) is 72.8 Å². The molecule has 2 fully saturated rings. The van der Waals surface area contributed by atoms with Gasteiger partial charge in [0.15, 0.2) is 12.4 Å². The van der Waals surface area contributed by atoms with Crippen LogP contribution in [0.4, 0.5) is 5.69 Å². The Kier molecular flexibility index (Phi) is 4.76. The molecule has 1 heterocycles. The fraction of sp³-hybridized carbons (Fsp3) is 0.276. The van der Waals surface area contributed by atoms with Gasteiger partial charge in [0, 0.05) is 23.3 Å². The molecule has 3 aliphatic carbocycles. The van der Waals surface area contributed by atoms with Crippen LogP contribution < -0.4 is 4.74 Å². The summed E-state index contributed by atoms with van der Waals surface area (Å²) in [4.78, 5) is 51.2. The van der Waals surface area contributed by atoms with Crippen molar-refractivity contribution in [1.29, 1.82) is 0 Å². The summed E-state index contributed by atoms with van der Waals surface area (Å²) in [5.41, 5.74) is 4.20. The number of nitro groups is 1. The highest BCUT2D eigenvalue weighted by atomic mass is 16.6. The first-order chi connectivity index (χ1) is 18.5. The maximum absolute atomic E-state index is 13.6. The summed E-state index contributed by atoms with van der Waals surface area (Å²) in [6.07, 6.45) is 0. The molecule has 5 atom stereocenters. The molecule has 7 rings (SSSR count). The Balaban J connectivity index is 1.05. The summed E-state index contributed by atoms with van der Waals surface area (Å²) in [5.74, 6) is -2.18. The van der Waals surface area contributed by atoms with E-state index in [2.05, 4.69) is 24.3 Å². The largest absolute Gasteiger partial charge is 0.475 e. The van der Waals surface area contributed by atoms with E-state index in [9.17, 15) is 24.5 Å². The third-order valence-corrected chi connectivity index (χ3v) is 8.66. The first kappa shape index (κ1) is 22.7. The minimum absolute atomic E-state index is 0.0392. The quantitative estimate of drug-likeness (QED) is 0.207. The van der Waals surface area contributed by atoms with Gasteiger partial charge in [-0.3, -0.25) is 24.6 Å². The minimum atomic E-state index is -0.748. The van der Waals surface area contributed by atoms with Gasteiger partial charge in [-0.1, -0.05) is 60.7 Å². The maximum Gasteiger partial charge on any atom is 0.344 e. The number of para-hydroxylation sites is 2. The third-order valence-electron chi connectivity index (χ3n) is 8.66. The van der Waals surface area contributed by atoms with Crippen LogP contribution in [0, 0.1) is 22.0 Å². The number of hydrogen-bond acceptors (Lipinski definition) is 7. The fourth-order valence-corrected chi connectivity index (χ4v) is 7.44. The van der Waals surface area contributed by atoms with Crippen molar-refractivity contribution in [3.05, 3.63) is 105 Å². The van der Waals surface area contributed by atoms with E-state index in [1.54, 1.807) is 6.07 Å². The lowest BCUT2D eigenvalue weighted by atomic mass is 9.43. The van der Waals surface area contributed by atoms with E-state index in [0.29, 0.717) is 0 Å². The average molecular weight is 511 g/mol. The second kappa shape index (κ2) is 7.98. The van der Waals surface area contributed by atoms with Gasteiger partial charge in [-0.2, -0.15) is 0 Å². The van der Waals surface area contributed by atoms with Crippen molar-refractivity contribution in [1.82, 2.24) is 4.90 Å². The standard InChI is InChI=1S/C29H22N2O7/c32-22(15-38-21-12-6-5-11-20(21)31(35)36)37-14-13-30-27(33)23-24(28(30)34)26-17-8-2-4-10-19(17)29(26)18-9-3-1-7-16(18)25(23)29/h1-12,23-26H,13-15H2/t23-,24-,25-,26+,29?/m1/s1. The first-order valence-corrected chi connectivity index (χ1v) is 12.5. The molecular formula is C29H22N2O7. The molecule has 0 N–H and O–H groups in total. The van der Waals surface area contributed by atoms with Gasteiger partial charge in [0.2, 0.25) is 11.8 Å². The number of carbonyl (C=O) groups is 3. The lowest BCUT2D eigenvalue weighted by molar-refractivity contribution is -0.385. The molecule has 38 heavy (non-hydrogen) atoms. The van der Waals surface area contributed by atoms with Crippen LogP contribution in [0.3, 0.4) is 0 Å². The number of hydrogen-bond donors (Lipinski definition) is 0. The van der Waals surface area contributed by atoms with Gasteiger partial charge < -0.3 is 9.47 Å². The fourth-order valence-electron chi connectivity index (χ4n) is 7.44. The number of amides is 2. The first-order valence-electron chi connectivity index (χ1n) is 12.5. The Hall–Kier alpha value is -4.53. The van der Waals surface area contributed by atoms with Crippen molar-refractivity contribution in [3.63, 3.8) is 0 Å². The monoisotopic (exact) mass is 510 g/mol. The average Bonchev–Trinajstić information content (AvgIpc) is 3.27. The molecular weight excluding hydrogens is 488 g/mol. The number of carbonyl (C=O) groups excluding carboxylic acids is 3. The van der Waals surface area contributed by atoms with Crippen molar-refractivity contribution >= 4 is 23.5 Å². The summed E-state index contributed by atoms with van der Waals surface area (Å²) in [6.45, 7) is -0.750. The molecule has 0 radical (unpaired) electrons. The van der Waals surface area contributed by atoms with Crippen molar-refractivity contribution in [2.45, 2.75) is 17.3 Å². The Morgan fingerprint density at radius 3 is 2.03 bits per heavy atom. The predicted molar refractivity (Wildman–Crippen MR) is 132 cm³/mol. The Morgan fingerprint density at radius 1 is 0.868 bits per heavy atom. The van der Waals surface area contributed by atoms with Crippen molar-refractivity contribution in [3.8, 4) is 5.75 Å². The topological polar surface area (TPSA) is 116 Å². The third kappa shape index (κ3) is 2.73. The highest BCUT2D eigenvalue weighted by Gasteiger charge is 2.78. The van der Waals surface area contributed by atoms with Crippen molar-refractivity contribution in [2.24, 2.45) is 11.8 Å². The molecule has 1 unspecified atom stereocenters. The van der Waals surface area contributed by atoms with E-state index >= 15 is 0 Å². The summed E-state index contributed by atoms with van der Waals surface area (Å²) in [7, 11) is 0. The molecule has 1 spiro atoms.